The highest BCUT2D eigenvalue weighted by atomic mass is 19.1. The molecule has 0 bridgehead atoms. The number of carbonyl (C=O) groups is 1. The van der Waals surface area contributed by atoms with E-state index in [2.05, 4.69) is 4.74 Å². The Balaban J connectivity index is 3.19. The predicted molar refractivity (Wildman–Crippen MR) is 51.2 cm³/mol. The number of esters is 1. The minimum absolute atomic E-state index is 0.0224. The van der Waals surface area contributed by atoms with Crippen LogP contribution in [0.1, 0.15) is 18.4 Å². The van der Waals surface area contributed by atoms with E-state index < -0.39 is 23.5 Å². The van der Waals surface area contributed by atoms with Crippen molar-refractivity contribution >= 4 is 11.7 Å². The molecule has 1 rings (SSSR count). The van der Waals surface area contributed by atoms with Crippen LogP contribution in [0, 0.1) is 11.6 Å². The van der Waals surface area contributed by atoms with Gasteiger partial charge in [0.05, 0.1) is 13.0 Å². The molecule has 0 saturated carbocycles. The summed E-state index contributed by atoms with van der Waals surface area (Å²) >= 11 is 0. The number of anilines is 1. The fraction of sp³-hybridized carbons (Fsp3) is 0.300. The third-order valence-electron chi connectivity index (χ3n) is 2.09. The first-order valence-corrected chi connectivity index (χ1v) is 4.29. The maximum absolute atomic E-state index is 13.3. The molecular formula is C10H11F2NO2. The van der Waals surface area contributed by atoms with Crippen molar-refractivity contribution in [3.05, 3.63) is 29.3 Å². The van der Waals surface area contributed by atoms with Gasteiger partial charge in [0.2, 0.25) is 0 Å². The van der Waals surface area contributed by atoms with Crippen molar-refractivity contribution in [3.8, 4) is 0 Å². The zero-order valence-corrected chi connectivity index (χ0v) is 8.38. The molecule has 0 spiro atoms. The minimum Gasteiger partial charge on any atom is -0.469 e. The molecule has 82 valence electrons. The Hall–Kier alpha value is -1.65. The highest BCUT2D eigenvalue weighted by Gasteiger charge is 2.23. The van der Waals surface area contributed by atoms with Crippen molar-refractivity contribution in [1.29, 1.82) is 0 Å². The lowest BCUT2D eigenvalue weighted by atomic mass is 9.99. The van der Waals surface area contributed by atoms with Crippen LogP contribution in [0.2, 0.25) is 0 Å². The molecular weight excluding hydrogens is 204 g/mol. The maximum Gasteiger partial charge on any atom is 0.313 e. The van der Waals surface area contributed by atoms with E-state index in [9.17, 15) is 13.6 Å². The van der Waals surface area contributed by atoms with Crippen molar-refractivity contribution in [2.24, 2.45) is 0 Å². The molecule has 3 nitrogen and oxygen atoms in total. The molecule has 1 aromatic rings. The van der Waals surface area contributed by atoms with E-state index in [1.54, 1.807) is 0 Å². The quantitative estimate of drug-likeness (QED) is 0.604. The molecule has 15 heavy (non-hydrogen) atoms. The zero-order chi connectivity index (χ0) is 11.6. The largest absolute Gasteiger partial charge is 0.469 e. The van der Waals surface area contributed by atoms with Crippen LogP contribution >= 0.6 is 0 Å². The topological polar surface area (TPSA) is 52.3 Å². The Morgan fingerprint density at radius 2 is 1.87 bits per heavy atom. The monoisotopic (exact) mass is 215 g/mol. The van der Waals surface area contributed by atoms with Crippen molar-refractivity contribution in [1.82, 2.24) is 0 Å². The molecule has 0 saturated heterocycles. The Kier molecular flexibility index (Phi) is 3.24. The number of rotatable bonds is 2. The summed E-state index contributed by atoms with van der Waals surface area (Å²) in [5.41, 5.74) is 4.90. The molecule has 0 aliphatic carbocycles. The van der Waals surface area contributed by atoms with Gasteiger partial charge in [0.15, 0.2) is 0 Å². The number of nitrogen functional groups attached to an aromatic ring is 1. The first-order chi connectivity index (χ1) is 6.97. The van der Waals surface area contributed by atoms with Crippen LogP contribution in [-0.4, -0.2) is 13.1 Å². The fourth-order valence-corrected chi connectivity index (χ4v) is 1.31. The lowest BCUT2D eigenvalue weighted by Crippen LogP contribution is -2.14. The van der Waals surface area contributed by atoms with Gasteiger partial charge in [0.25, 0.3) is 0 Å². The van der Waals surface area contributed by atoms with Crippen LogP contribution in [-0.2, 0) is 9.53 Å². The van der Waals surface area contributed by atoms with Crippen molar-refractivity contribution in [3.63, 3.8) is 0 Å². The highest BCUT2D eigenvalue weighted by molar-refractivity contribution is 5.77. The van der Waals surface area contributed by atoms with E-state index in [0.717, 1.165) is 19.2 Å². The summed E-state index contributed by atoms with van der Waals surface area (Å²) in [5.74, 6) is -3.37. The molecule has 1 aromatic carbocycles. The van der Waals surface area contributed by atoms with Gasteiger partial charge >= 0.3 is 5.97 Å². The highest BCUT2D eigenvalue weighted by Crippen LogP contribution is 2.25. The van der Waals surface area contributed by atoms with Gasteiger partial charge < -0.3 is 10.5 Å². The van der Waals surface area contributed by atoms with Gasteiger partial charge in [-0.25, -0.2) is 8.78 Å². The molecule has 5 heteroatoms. The molecule has 0 fully saturated rings. The number of methoxy groups -OCH3 is 1. The summed E-state index contributed by atoms with van der Waals surface area (Å²) in [6, 6.07) is 1.94. The maximum atomic E-state index is 13.3. The smallest absolute Gasteiger partial charge is 0.313 e. The van der Waals surface area contributed by atoms with Crippen LogP contribution in [0.25, 0.3) is 0 Å². The van der Waals surface area contributed by atoms with Crippen LogP contribution < -0.4 is 5.73 Å². The van der Waals surface area contributed by atoms with E-state index in [-0.39, 0.29) is 11.3 Å². The molecule has 0 amide bonds. The number of hydrogen-bond acceptors (Lipinski definition) is 3. The van der Waals surface area contributed by atoms with Gasteiger partial charge in [-0.1, -0.05) is 0 Å². The van der Waals surface area contributed by atoms with Crippen molar-refractivity contribution < 1.29 is 18.3 Å². The Morgan fingerprint density at radius 1 is 1.40 bits per heavy atom. The number of hydrogen-bond donors (Lipinski definition) is 1. The lowest BCUT2D eigenvalue weighted by Gasteiger charge is -2.11. The summed E-state index contributed by atoms with van der Waals surface area (Å²) in [5, 5.41) is 0. The first kappa shape index (κ1) is 11.4. The summed E-state index contributed by atoms with van der Waals surface area (Å²) in [6.45, 7) is 1.36. The van der Waals surface area contributed by atoms with E-state index >= 15 is 0 Å². The number of ether oxygens (including phenoxy) is 1. The van der Waals surface area contributed by atoms with E-state index in [4.69, 9.17) is 5.73 Å². The van der Waals surface area contributed by atoms with Crippen molar-refractivity contribution in [2.45, 2.75) is 12.8 Å². The second-order valence-corrected chi connectivity index (χ2v) is 3.14. The Morgan fingerprint density at radius 3 is 2.27 bits per heavy atom. The van der Waals surface area contributed by atoms with Crippen LogP contribution in [0.5, 0.6) is 0 Å². The third-order valence-corrected chi connectivity index (χ3v) is 2.09. The number of halogens is 2. The SMILES string of the molecule is COC(=O)[C@@H](C)c1c(F)cc(N)cc1F. The summed E-state index contributed by atoms with van der Waals surface area (Å²) in [7, 11) is 1.16. The van der Waals surface area contributed by atoms with Gasteiger partial charge in [0.1, 0.15) is 11.6 Å². The number of nitrogens with two attached hydrogens (primary N) is 1. The zero-order valence-electron chi connectivity index (χ0n) is 8.38. The fourth-order valence-electron chi connectivity index (χ4n) is 1.31. The van der Waals surface area contributed by atoms with Crippen LogP contribution in [0.15, 0.2) is 12.1 Å². The first-order valence-electron chi connectivity index (χ1n) is 4.29. The Bertz CT molecular complexity index is 370. The normalized spacial score (nSPS) is 12.3. The van der Waals surface area contributed by atoms with E-state index in [0.29, 0.717) is 0 Å². The number of benzene rings is 1. The van der Waals surface area contributed by atoms with Gasteiger partial charge in [-0.15, -0.1) is 0 Å². The van der Waals surface area contributed by atoms with Gasteiger partial charge in [-0.3, -0.25) is 4.79 Å². The van der Waals surface area contributed by atoms with Crippen LogP contribution in [0.4, 0.5) is 14.5 Å². The lowest BCUT2D eigenvalue weighted by molar-refractivity contribution is -0.142. The molecule has 0 heterocycles. The van der Waals surface area contributed by atoms with Crippen molar-refractivity contribution in [2.75, 3.05) is 12.8 Å². The molecule has 2 N–H and O–H groups in total. The van der Waals surface area contributed by atoms with Gasteiger partial charge in [-0.05, 0) is 19.1 Å². The molecule has 0 unspecified atom stereocenters. The van der Waals surface area contributed by atoms with Crippen LogP contribution in [0.3, 0.4) is 0 Å². The van der Waals surface area contributed by atoms with Gasteiger partial charge in [-0.2, -0.15) is 0 Å². The Labute approximate surface area is 85.8 Å². The second kappa shape index (κ2) is 4.25. The average molecular weight is 215 g/mol. The standard InChI is InChI=1S/C10H11F2NO2/c1-5(10(14)15-2)9-7(11)3-6(13)4-8(9)12/h3-5H,13H2,1-2H3/t5-/m0/s1. The number of carbonyl (C=O) groups excluding carboxylic acids is 1. The molecule has 0 radical (unpaired) electrons. The summed E-state index contributed by atoms with van der Waals surface area (Å²) in [6.07, 6.45) is 0. The third kappa shape index (κ3) is 2.23. The molecule has 0 aliphatic heterocycles. The average Bonchev–Trinajstić information content (AvgIpc) is 2.14. The predicted octanol–water partition coefficient (Wildman–Crippen LogP) is 1.82. The minimum atomic E-state index is -0.990. The summed E-state index contributed by atoms with van der Waals surface area (Å²) in [4.78, 5) is 11.1. The molecule has 0 aliphatic rings. The van der Waals surface area contributed by atoms with E-state index in [1.807, 2.05) is 0 Å². The second-order valence-electron chi connectivity index (χ2n) is 3.14. The summed E-state index contributed by atoms with van der Waals surface area (Å²) < 4.78 is 31.1. The van der Waals surface area contributed by atoms with Gasteiger partial charge in [0, 0.05) is 11.3 Å². The van der Waals surface area contributed by atoms with E-state index in [1.165, 1.54) is 6.92 Å². The molecule has 1 atom stereocenters. The molecule has 0 aromatic heterocycles.